The van der Waals surface area contributed by atoms with Gasteiger partial charge < -0.3 is 21.7 Å². The fourth-order valence-corrected chi connectivity index (χ4v) is 1.60. The van der Waals surface area contributed by atoms with E-state index in [-0.39, 0.29) is 6.04 Å². The predicted molar refractivity (Wildman–Crippen MR) is 55.7 cm³/mol. The zero-order valence-corrected chi connectivity index (χ0v) is 8.47. The maximum Gasteiger partial charge on any atom is 0.0218 e. The Balaban J connectivity index is 2.28. The van der Waals surface area contributed by atoms with Crippen molar-refractivity contribution in [2.24, 2.45) is 11.7 Å². The minimum atomic E-state index is 0.270. The quantitative estimate of drug-likeness (QED) is 0.444. The van der Waals surface area contributed by atoms with Gasteiger partial charge in [-0.25, -0.2) is 0 Å². The number of hydrogen-bond acceptors (Lipinski definition) is 4. The van der Waals surface area contributed by atoms with Crippen LogP contribution in [0.2, 0.25) is 0 Å². The van der Waals surface area contributed by atoms with E-state index in [9.17, 15) is 0 Å². The molecule has 0 bridgehead atoms. The topological polar surface area (TPSA) is 62.1 Å². The predicted octanol–water partition coefficient (Wildman–Crippen LogP) is -1.27. The molecule has 2 atom stereocenters. The summed E-state index contributed by atoms with van der Waals surface area (Å²) in [7, 11) is 0. The van der Waals surface area contributed by atoms with E-state index in [4.69, 9.17) is 5.73 Å². The lowest BCUT2D eigenvalue weighted by Gasteiger charge is -2.27. The van der Waals surface area contributed by atoms with Crippen molar-refractivity contribution in [3.63, 3.8) is 0 Å². The Kier molecular flexibility index (Phi) is 5.31. The van der Waals surface area contributed by atoms with Crippen molar-refractivity contribution in [2.45, 2.75) is 13.0 Å². The summed E-state index contributed by atoms with van der Waals surface area (Å²) >= 11 is 0. The van der Waals surface area contributed by atoms with Crippen LogP contribution in [0, 0.1) is 5.92 Å². The normalized spacial score (nSPS) is 30.9. The lowest BCUT2D eigenvalue weighted by Crippen LogP contribution is -2.51. The van der Waals surface area contributed by atoms with Gasteiger partial charge in [-0.05, 0) is 6.54 Å². The smallest absolute Gasteiger partial charge is 0.0218 e. The molecule has 0 aromatic heterocycles. The Morgan fingerprint density at radius 2 is 2.00 bits per heavy atom. The van der Waals surface area contributed by atoms with Crippen molar-refractivity contribution in [3.8, 4) is 0 Å². The lowest BCUT2D eigenvalue weighted by molar-refractivity contribution is 0.344. The van der Waals surface area contributed by atoms with E-state index < -0.39 is 0 Å². The molecule has 0 amide bonds. The summed E-state index contributed by atoms with van der Waals surface area (Å²) in [5, 5.41) is 10.1. The van der Waals surface area contributed by atoms with Gasteiger partial charge >= 0.3 is 0 Å². The average molecular weight is 186 g/mol. The second-order valence-corrected chi connectivity index (χ2v) is 3.64. The van der Waals surface area contributed by atoms with Crippen LogP contribution in [0.1, 0.15) is 6.92 Å². The molecule has 78 valence electrons. The molecule has 0 aromatic rings. The first-order valence-electron chi connectivity index (χ1n) is 5.22. The molecule has 1 aliphatic heterocycles. The SMILES string of the molecule is CCNC[C@H]1CNCCNC[C@@H]1N. The highest BCUT2D eigenvalue weighted by Gasteiger charge is 2.17. The van der Waals surface area contributed by atoms with Crippen LogP contribution < -0.4 is 21.7 Å². The standard InChI is InChI=1S/C9H22N4/c1-2-11-5-8-6-12-3-4-13-7-9(8)10/h8-9,11-13H,2-7,10H2,1H3/t8-,9-/m0/s1. The van der Waals surface area contributed by atoms with Gasteiger partial charge in [0.15, 0.2) is 0 Å². The molecular weight excluding hydrogens is 164 g/mol. The fourth-order valence-electron chi connectivity index (χ4n) is 1.60. The molecule has 5 N–H and O–H groups in total. The molecule has 1 aliphatic rings. The molecule has 1 saturated heterocycles. The number of hydrogen-bond donors (Lipinski definition) is 4. The third kappa shape index (κ3) is 4.04. The van der Waals surface area contributed by atoms with E-state index in [0.29, 0.717) is 5.92 Å². The Morgan fingerprint density at radius 1 is 1.31 bits per heavy atom. The third-order valence-corrected chi connectivity index (χ3v) is 2.53. The second-order valence-electron chi connectivity index (χ2n) is 3.64. The largest absolute Gasteiger partial charge is 0.326 e. The van der Waals surface area contributed by atoms with Crippen molar-refractivity contribution in [1.82, 2.24) is 16.0 Å². The molecule has 4 heteroatoms. The van der Waals surface area contributed by atoms with Crippen molar-refractivity contribution >= 4 is 0 Å². The second kappa shape index (κ2) is 6.32. The molecule has 13 heavy (non-hydrogen) atoms. The van der Waals surface area contributed by atoms with E-state index in [1.807, 2.05) is 0 Å². The van der Waals surface area contributed by atoms with Crippen LogP contribution in [0.3, 0.4) is 0 Å². The van der Waals surface area contributed by atoms with Crippen LogP contribution in [-0.4, -0.2) is 45.3 Å². The maximum atomic E-state index is 6.05. The van der Waals surface area contributed by atoms with E-state index >= 15 is 0 Å². The van der Waals surface area contributed by atoms with Gasteiger partial charge in [0.1, 0.15) is 0 Å². The van der Waals surface area contributed by atoms with Gasteiger partial charge in [-0.1, -0.05) is 6.92 Å². The van der Waals surface area contributed by atoms with Gasteiger partial charge in [0.25, 0.3) is 0 Å². The molecule has 4 nitrogen and oxygen atoms in total. The van der Waals surface area contributed by atoms with Crippen LogP contribution in [0.15, 0.2) is 0 Å². The van der Waals surface area contributed by atoms with Crippen LogP contribution >= 0.6 is 0 Å². The first kappa shape index (κ1) is 10.9. The van der Waals surface area contributed by atoms with Crippen molar-refractivity contribution in [1.29, 1.82) is 0 Å². The molecule has 0 aliphatic carbocycles. The summed E-state index contributed by atoms with van der Waals surface area (Å²) in [6.45, 7) is 8.23. The van der Waals surface area contributed by atoms with Gasteiger partial charge in [0, 0.05) is 44.7 Å². The van der Waals surface area contributed by atoms with E-state index in [0.717, 1.165) is 39.3 Å². The highest BCUT2D eigenvalue weighted by molar-refractivity contribution is 4.80. The Morgan fingerprint density at radius 3 is 2.69 bits per heavy atom. The molecule has 0 unspecified atom stereocenters. The van der Waals surface area contributed by atoms with E-state index in [1.165, 1.54) is 0 Å². The number of nitrogens with two attached hydrogens (primary N) is 1. The first-order valence-corrected chi connectivity index (χ1v) is 5.22. The third-order valence-electron chi connectivity index (χ3n) is 2.53. The highest BCUT2D eigenvalue weighted by atomic mass is 15.0. The summed E-state index contributed by atoms with van der Waals surface area (Å²) in [5.41, 5.74) is 6.05. The van der Waals surface area contributed by atoms with Gasteiger partial charge in [-0.3, -0.25) is 0 Å². The molecule has 0 radical (unpaired) electrons. The Labute approximate surface area is 80.6 Å². The van der Waals surface area contributed by atoms with Crippen LogP contribution in [0.25, 0.3) is 0 Å². The monoisotopic (exact) mass is 186 g/mol. The zero-order valence-electron chi connectivity index (χ0n) is 8.47. The van der Waals surface area contributed by atoms with Crippen molar-refractivity contribution < 1.29 is 0 Å². The van der Waals surface area contributed by atoms with Gasteiger partial charge in [-0.2, -0.15) is 0 Å². The number of nitrogens with one attached hydrogen (secondary N) is 3. The Bertz CT molecular complexity index is 127. The van der Waals surface area contributed by atoms with Crippen molar-refractivity contribution in [3.05, 3.63) is 0 Å². The van der Waals surface area contributed by atoms with Crippen LogP contribution in [0.5, 0.6) is 0 Å². The minimum Gasteiger partial charge on any atom is -0.326 e. The number of rotatable bonds is 3. The van der Waals surface area contributed by atoms with Gasteiger partial charge in [-0.15, -0.1) is 0 Å². The summed E-state index contributed by atoms with van der Waals surface area (Å²) in [6.07, 6.45) is 0. The summed E-state index contributed by atoms with van der Waals surface area (Å²) in [6, 6.07) is 0.270. The molecule has 0 aromatic carbocycles. The fraction of sp³-hybridized carbons (Fsp3) is 1.00. The molecule has 0 saturated carbocycles. The highest BCUT2D eigenvalue weighted by Crippen LogP contribution is 1.99. The average Bonchev–Trinajstić information content (AvgIpc) is 2.11. The van der Waals surface area contributed by atoms with E-state index in [2.05, 4.69) is 22.9 Å². The molecule has 1 rings (SSSR count). The summed E-state index contributed by atoms with van der Waals surface area (Å²) in [5.74, 6) is 0.549. The zero-order chi connectivity index (χ0) is 9.52. The lowest BCUT2D eigenvalue weighted by atomic mass is 9.99. The molecular formula is C9H22N4. The van der Waals surface area contributed by atoms with Gasteiger partial charge in [0.2, 0.25) is 0 Å². The molecule has 1 heterocycles. The minimum absolute atomic E-state index is 0.270. The van der Waals surface area contributed by atoms with Gasteiger partial charge in [0.05, 0.1) is 0 Å². The molecule has 0 spiro atoms. The van der Waals surface area contributed by atoms with Crippen LogP contribution in [0.4, 0.5) is 0 Å². The Hall–Kier alpha value is -0.160. The van der Waals surface area contributed by atoms with Crippen LogP contribution in [-0.2, 0) is 0 Å². The molecule has 1 fully saturated rings. The van der Waals surface area contributed by atoms with Crippen molar-refractivity contribution in [2.75, 3.05) is 39.3 Å². The summed E-state index contributed by atoms with van der Waals surface area (Å²) in [4.78, 5) is 0. The van der Waals surface area contributed by atoms with E-state index in [1.54, 1.807) is 0 Å². The first-order chi connectivity index (χ1) is 6.34. The summed E-state index contributed by atoms with van der Waals surface area (Å²) < 4.78 is 0. The maximum absolute atomic E-state index is 6.05.